The molecule has 0 aliphatic rings. The minimum Gasteiger partial charge on any atom is -0.384 e. The van der Waals surface area contributed by atoms with Gasteiger partial charge >= 0.3 is 0 Å². The Hall–Kier alpha value is -1.51. The first-order valence-electron chi connectivity index (χ1n) is 5.45. The number of nitrogen functional groups attached to an aromatic ring is 1. The molecule has 0 saturated heterocycles. The summed E-state index contributed by atoms with van der Waals surface area (Å²) < 4.78 is 43.5. The summed E-state index contributed by atoms with van der Waals surface area (Å²) in [6.07, 6.45) is 0. The Balaban J connectivity index is 2.71. The van der Waals surface area contributed by atoms with E-state index in [2.05, 4.69) is 9.46 Å². The van der Waals surface area contributed by atoms with E-state index < -0.39 is 15.8 Å². The zero-order chi connectivity index (χ0) is 14.5. The number of amidine groups is 1. The van der Waals surface area contributed by atoms with Crippen molar-refractivity contribution in [2.45, 2.75) is 6.54 Å². The van der Waals surface area contributed by atoms with Crippen LogP contribution in [0.2, 0.25) is 0 Å². The Bertz CT molecular complexity index is 560. The van der Waals surface area contributed by atoms with Crippen molar-refractivity contribution in [1.82, 2.24) is 4.72 Å². The first-order chi connectivity index (χ1) is 8.85. The number of benzene rings is 1. The van der Waals surface area contributed by atoms with Gasteiger partial charge in [-0.1, -0.05) is 12.1 Å². The van der Waals surface area contributed by atoms with Crippen molar-refractivity contribution in [2.24, 2.45) is 5.73 Å². The summed E-state index contributed by atoms with van der Waals surface area (Å²) in [6, 6.07) is 3.95. The molecule has 6 nitrogen and oxygen atoms in total. The van der Waals surface area contributed by atoms with Crippen molar-refractivity contribution in [2.75, 3.05) is 19.5 Å². The molecular formula is C11H16FN3O3S. The Morgan fingerprint density at radius 1 is 1.53 bits per heavy atom. The fraction of sp³-hybridized carbons (Fsp3) is 0.364. The Kier molecular flexibility index (Phi) is 5.40. The van der Waals surface area contributed by atoms with Crippen LogP contribution in [0.5, 0.6) is 0 Å². The van der Waals surface area contributed by atoms with E-state index in [9.17, 15) is 12.8 Å². The third-order valence-corrected chi connectivity index (χ3v) is 3.69. The third kappa shape index (κ3) is 4.93. The van der Waals surface area contributed by atoms with Crippen LogP contribution >= 0.6 is 0 Å². The smallest absolute Gasteiger partial charge is 0.214 e. The van der Waals surface area contributed by atoms with Crippen LogP contribution in [-0.2, 0) is 21.3 Å². The monoisotopic (exact) mass is 289 g/mol. The normalized spacial score (nSPS) is 11.5. The summed E-state index contributed by atoms with van der Waals surface area (Å²) in [7, 11) is -2.10. The Morgan fingerprint density at radius 2 is 2.21 bits per heavy atom. The van der Waals surface area contributed by atoms with Crippen LogP contribution in [0.25, 0.3) is 0 Å². The quantitative estimate of drug-likeness (QED) is 0.491. The predicted octanol–water partition coefficient (Wildman–Crippen LogP) is 0.176. The predicted molar refractivity (Wildman–Crippen MR) is 69.9 cm³/mol. The van der Waals surface area contributed by atoms with Crippen molar-refractivity contribution in [1.29, 1.82) is 5.41 Å². The summed E-state index contributed by atoms with van der Waals surface area (Å²) in [5.41, 5.74) is 5.66. The Labute approximate surface area is 111 Å². The maximum absolute atomic E-state index is 13.6. The van der Waals surface area contributed by atoms with Gasteiger partial charge in [-0.15, -0.1) is 0 Å². The third-order valence-electron chi connectivity index (χ3n) is 2.40. The molecule has 1 aromatic carbocycles. The number of hydrogen-bond acceptors (Lipinski definition) is 4. The van der Waals surface area contributed by atoms with E-state index in [0.29, 0.717) is 0 Å². The van der Waals surface area contributed by atoms with Gasteiger partial charge in [-0.3, -0.25) is 5.41 Å². The molecule has 0 amide bonds. The van der Waals surface area contributed by atoms with Crippen molar-refractivity contribution in [3.63, 3.8) is 0 Å². The van der Waals surface area contributed by atoms with E-state index >= 15 is 0 Å². The maximum Gasteiger partial charge on any atom is 0.214 e. The summed E-state index contributed by atoms with van der Waals surface area (Å²) in [5, 5.41) is 7.17. The molecule has 0 spiro atoms. The molecule has 0 unspecified atom stereocenters. The average molecular weight is 289 g/mol. The summed E-state index contributed by atoms with van der Waals surface area (Å²) in [5.74, 6) is -1.04. The van der Waals surface area contributed by atoms with E-state index in [1.807, 2.05) is 0 Å². The number of ether oxygens (including phenoxy) is 1. The lowest BCUT2D eigenvalue weighted by Crippen LogP contribution is -2.28. The van der Waals surface area contributed by atoms with Crippen LogP contribution in [-0.4, -0.2) is 33.7 Å². The minimum absolute atomic E-state index is 0.0705. The molecule has 19 heavy (non-hydrogen) atoms. The number of methoxy groups -OCH3 is 1. The fourth-order valence-electron chi connectivity index (χ4n) is 1.31. The van der Waals surface area contributed by atoms with Crippen LogP contribution in [0.3, 0.4) is 0 Å². The zero-order valence-corrected chi connectivity index (χ0v) is 11.3. The average Bonchev–Trinajstić information content (AvgIpc) is 2.35. The van der Waals surface area contributed by atoms with Gasteiger partial charge in [0, 0.05) is 24.8 Å². The lowest BCUT2D eigenvalue weighted by atomic mass is 10.1. The number of nitrogens with one attached hydrogen (secondary N) is 2. The molecule has 0 heterocycles. The van der Waals surface area contributed by atoms with Crippen molar-refractivity contribution in [3.05, 3.63) is 35.1 Å². The number of hydrogen-bond donors (Lipinski definition) is 3. The van der Waals surface area contributed by atoms with Gasteiger partial charge in [-0.2, -0.15) is 0 Å². The highest BCUT2D eigenvalue weighted by Gasteiger charge is 2.11. The maximum atomic E-state index is 13.6. The van der Waals surface area contributed by atoms with Gasteiger partial charge in [-0.05, 0) is 6.07 Å². The number of sulfonamides is 1. The van der Waals surface area contributed by atoms with E-state index in [-0.39, 0.29) is 35.9 Å². The van der Waals surface area contributed by atoms with E-state index in [4.69, 9.17) is 11.1 Å². The fourth-order valence-corrected chi connectivity index (χ4v) is 2.22. The lowest BCUT2D eigenvalue weighted by molar-refractivity contribution is 0.217. The van der Waals surface area contributed by atoms with E-state index in [0.717, 1.165) is 6.07 Å². The highest BCUT2D eigenvalue weighted by Crippen LogP contribution is 2.10. The number of nitrogens with two attached hydrogens (primary N) is 1. The molecule has 0 fully saturated rings. The highest BCUT2D eigenvalue weighted by molar-refractivity contribution is 7.89. The highest BCUT2D eigenvalue weighted by atomic mass is 32.2. The molecule has 4 N–H and O–H groups in total. The molecule has 0 aliphatic heterocycles. The van der Waals surface area contributed by atoms with Crippen LogP contribution in [0.1, 0.15) is 11.1 Å². The van der Waals surface area contributed by atoms with Gasteiger partial charge in [0.1, 0.15) is 11.7 Å². The van der Waals surface area contributed by atoms with Crippen molar-refractivity contribution >= 4 is 15.9 Å². The topological polar surface area (TPSA) is 105 Å². The summed E-state index contributed by atoms with van der Waals surface area (Å²) >= 11 is 0. The summed E-state index contributed by atoms with van der Waals surface area (Å²) in [4.78, 5) is 0. The first kappa shape index (κ1) is 15.5. The second-order valence-corrected chi connectivity index (χ2v) is 5.78. The van der Waals surface area contributed by atoms with Gasteiger partial charge in [0.15, 0.2) is 0 Å². The second-order valence-electron chi connectivity index (χ2n) is 3.85. The van der Waals surface area contributed by atoms with Crippen LogP contribution in [0.4, 0.5) is 4.39 Å². The standard InChI is InChI=1S/C11H16FN3O3S/c1-18-4-5-19(16,17)15-7-9-3-2-8(11(13)14)6-10(9)12/h2-3,6,15H,4-5,7H2,1H3,(H3,13,14). The molecular weight excluding hydrogens is 273 g/mol. The van der Waals surface area contributed by atoms with Crippen LogP contribution in [0.15, 0.2) is 18.2 Å². The summed E-state index contributed by atoms with van der Waals surface area (Å²) in [6.45, 7) is -0.0862. The molecule has 0 radical (unpaired) electrons. The largest absolute Gasteiger partial charge is 0.384 e. The Morgan fingerprint density at radius 3 is 2.74 bits per heavy atom. The van der Waals surface area contributed by atoms with E-state index in [1.165, 1.54) is 19.2 Å². The molecule has 1 rings (SSSR count). The molecule has 8 heteroatoms. The van der Waals surface area contributed by atoms with Crippen LogP contribution in [0, 0.1) is 11.2 Å². The molecule has 0 bridgehead atoms. The van der Waals surface area contributed by atoms with Gasteiger partial charge < -0.3 is 10.5 Å². The van der Waals surface area contributed by atoms with Crippen molar-refractivity contribution in [3.8, 4) is 0 Å². The number of rotatable bonds is 7. The second kappa shape index (κ2) is 6.60. The molecule has 106 valence electrons. The van der Waals surface area contributed by atoms with Gasteiger partial charge in [0.05, 0.1) is 12.4 Å². The molecule has 1 aromatic rings. The minimum atomic E-state index is -3.49. The van der Waals surface area contributed by atoms with Gasteiger partial charge in [0.25, 0.3) is 0 Å². The molecule has 0 aliphatic carbocycles. The lowest BCUT2D eigenvalue weighted by Gasteiger charge is -2.08. The SMILES string of the molecule is COCCS(=O)(=O)NCc1ccc(C(=N)N)cc1F. The van der Waals surface area contributed by atoms with Gasteiger partial charge in [-0.25, -0.2) is 17.5 Å². The first-order valence-corrected chi connectivity index (χ1v) is 7.10. The molecule has 0 saturated carbocycles. The van der Waals surface area contributed by atoms with Gasteiger partial charge in [0.2, 0.25) is 10.0 Å². The molecule has 0 atom stereocenters. The van der Waals surface area contributed by atoms with Crippen molar-refractivity contribution < 1.29 is 17.5 Å². The molecule has 0 aromatic heterocycles. The number of halogens is 1. The van der Waals surface area contributed by atoms with Crippen LogP contribution < -0.4 is 10.5 Å². The zero-order valence-electron chi connectivity index (χ0n) is 10.4. The van der Waals surface area contributed by atoms with E-state index in [1.54, 1.807) is 0 Å².